The molecular weight excluding hydrogens is 214 g/mol. The molecule has 0 bridgehead atoms. The highest BCUT2D eigenvalue weighted by Gasteiger charge is 2.15. The Balaban J connectivity index is 2.22. The first kappa shape index (κ1) is 10.6. The highest BCUT2D eigenvalue weighted by Crippen LogP contribution is 2.20. The van der Waals surface area contributed by atoms with Crippen LogP contribution in [0, 0.1) is 0 Å². The van der Waals surface area contributed by atoms with Crippen LogP contribution in [0.4, 0.5) is 5.82 Å². The van der Waals surface area contributed by atoms with Crippen molar-refractivity contribution < 1.29 is 4.74 Å². The van der Waals surface area contributed by atoms with E-state index in [1.54, 1.807) is 7.11 Å². The first-order valence-electron chi connectivity index (χ1n) is 5.07. The summed E-state index contributed by atoms with van der Waals surface area (Å²) in [6.07, 6.45) is 2.45. The topological polar surface area (TPSA) is 38.2 Å². The molecule has 0 N–H and O–H groups in total. The van der Waals surface area contributed by atoms with E-state index in [1.165, 1.54) is 12.8 Å². The minimum absolute atomic E-state index is 0.404. The number of hydrogen-bond acceptors (Lipinski definition) is 4. The Bertz CT molecular complexity index is 339. The molecule has 0 amide bonds. The largest absolute Gasteiger partial charge is 0.377 e. The van der Waals surface area contributed by atoms with Gasteiger partial charge >= 0.3 is 0 Å². The third-order valence-corrected chi connectivity index (χ3v) is 2.62. The van der Waals surface area contributed by atoms with Crippen LogP contribution in [0.3, 0.4) is 0 Å². The van der Waals surface area contributed by atoms with Gasteiger partial charge in [-0.3, -0.25) is 0 Å². The summed E-state index contributed by atoms with van der Waals surface area (Å²) >= 11 is 5.93. The summed E-state index contributed by atoms with van der Waals surface area (Å²) in [5, 5.41) is 0.485. The Morgan fingerprint density at radius 2 is 2.13 bits per heavy atom. The SMILES string of the molecule is COCc1nc(Cl)cc(N2CCCC2)n1. The Morgan fingerprint density at radius 3 is 2.80 bits per heavy atom. The fraction of sp³-hybridized carbons (Fsp3) is 0.600. The quantitative estimate of drug-likeness (QED) is 0.739. The monoisotopic (exact) mass is 227 g/mol. The first-order valence-corrected chi connectivity index (χ1v) is 5.45. The van der Waals surface area contributed by atoms with Gasteiger partial charge in [-0.25, -0.2) is 9.97 Å². The van der Waals surface area contributed by atoms with Crippen LogP contribution in [0.5, 0.6) is 0 Å². The van der Waals surface area contributed by atoms with Gasteiger partial charge in [-0.2, -0.15) is 0 Å². The molecule has 5 heteroatoms. The van der Waals surface area contributed by atoms with E-state index in [-0.39, 0.29) is 0 Å². The lowest BCUT2D eigenvalue weighted by molar-refractivity contribution is 0.178. The number of ether oxygens (including phenoxy) is 1. The van der Waals surface area contributed by atoms with Gasteiger partial charge in [-0.15, -0.1) is 0 Å². The van der Waals surface area contributed by atoms with Crippen LogP contribution < -0.4 is 4.90 Å². The second kappa shape index (κ2) is 4.77. The number of hydrogen-bond donors (Lipinski definition) is 0. The molecule has 15 heavy (non-hydrogen) atoms. The van der Waals surface area contributed by atoms with Crippen molar-refractivity contribution in [2.75, 3.05) is 25.1 Å². The Labute approximate surface area is 94.2 Å². The summed E-state index contributed by atoms with van der Waals surface area (Å²) in [6.45, 7) is 2.51. The van der Waals surface area contributed by atoms with Crippen molar-refractivity contribution in [2.24, 2.45) is 0 Å². The van der Waals surface area contributed by atoms with E-state index in [2.05, 4.69) is 14.9 Å². The molecule has 1 saturated heterocycles. The van der Waals surface area contributed by atoms with Gasteiger partial charge in [0.15, 0.2) is 5.82 Å². The second-order valence-electron chi connectivity index (χ2n) is 3.59. The van der Waals surface area contributed by atoms with Gasteiger partial charge in [0.2, 0.25) is 0 Å². The van der Waals surface area contributed by atoms with Crippen LogP contribution >= 0.6 is 11.6 Å². The van der Waals surface area contributed by atoms with Gasteiger partial charge in [0.25, 0.3) is 0 Å². The van der Waals surface area contributed by atoms with Crippen LogP contribution in [0.2, 0.25) is 5.15 Å². The molecule has 0 atom stereocenters. The molecule has 0 spiro atoms. The van der Waals surface area contributed by atoms with Crippen LogP contribution in [0.25, 0.3) is 0 Å². The zero-order chi connectivity index (χ0) is 10.7. The van der Waals surface area contributed by atoms with Crippen molar-refractivity contribution in [3.8, 4) is 0 Å². The molecule has 2 heterocycles. The summed E-state index contributed by atoms with van der Waals surface area (Å²) in [7, 11) is 1.62. The maximum Gasteiger partial charge on any atom is 0.158 e. The number of halogens is 1. The molecule has 0 aromatic carbocycles. The molecular formula is C10H14ClN3O. The first-order chi connectivity index (χ1) is 7.29. The minimum atomic E-state index is 0.404. The van der Waals surface area contributed by atoms with Gasteiger partial charge in [0.05, 0.1) is 0 Å². The minimum Gasteiger partial charge on any atom is -0.377 e. The van der Waals surface area contributed by atoms with Gasteiger partial charge < -0.3 is 9.64 Å². The highest BCUT2D eigenvalue weighted by atomic mass is 35.5. The van der Waals surface area contributed by atoms with Crippen molar-refractivity contribution in [1.29, 1.82) is 0 Å². The van der Waals surface area contributed by atoms with E-state index in [0.29, 0.717) is 17.6 Å². The van der Waals surface area contributed by atoms with Crippen LogP contribution in [-0.4, -0.2) is 30.2 Å². The van der Waals surface area contributed by atoms with Crippen LogP contribution in [0.1, 0.15) is 18.7 Å². The molecule has 0 unspecified atom stereocenters. The molecule has 1 aromatic heterocycles. The Kier molecular flexibility index (Phi) is 3.38. The fourth-order valence-electron chi connectivity index (χ4n) is 1.75. The summed E-state index contributed by atoms with van der Waals surface area (Å²) in [5.41, 5.74) is 0. The smallest absolute Gasteiger partial charge is 0.158 e. The summed E-state index contributed by atoms with van der Waals surface area (Å²) < 4.78 is 5.00. The van der Waals surface area contributed by atoms with E-state index in [4.69, 9.17) is 16.3 Å². The Morgan fingerprint density at radius 1 is 1.40 bits per heavy atom. The van der Waals surface area contributed by atoms with Crippen molar-refractivity contribution in [1.82, 2.24) is 9.97 Å². The molecule has 1 aliphatic heterocycles. The lowest BCUT2D eigenvalue weighted by atomic mass is 10.4. The summed E-state index contributed by atoms with van der Waals surface area (Å²) in [5.74, 6) is 1.56. The number of rotatable bonds is 3. The predicted molar refractivity (Wildman–Crippen MR) is 59.2 cm³/mol. The maximum atomic E-state index is 5.93. The van der Waals surface area contributed by atoms with Crippen molar-refractivity contribution in [3.05, 3.63) is 17.0 Å². The van der Waals surface area contributed by atoms with Gasteiger partial charge in [-0.05, 0) is 12.8 Å². The average Bonchev–Trinajstić information content (AvgIpc) is 2.70. The zero-order valence-corrected chi connectivity index (χ0v) is 9.50. The number of aromatic nitrogens is 2. The molecule has 82 valence electrons. The van der Waals surface area contributed by atoms with Crippen molar-refractivity contribution in [2.45, 2.75) is 19.4 Å². The van der Waals surface area contributed by atoms with Crippen molar-refractivity contribution in [3.63, 3.8) is 0 Å². The Hall–Kier alpha value is -0.870. The number of methoxy groups -OCH3 is 1. The normalized spacial score (nSPS) is 16.0. The lowest BCUT2D eigenvalue weighted by Gasteiger charge is -2.16. The lowest BCUT2D eigenvalue weighted by Crippen LogP contribution is -2.19. The molecule has 0 radical (unpaired) electrons. The summed E-state index contributed by atoms with van der Waals surface area (Å²) in [4.78, 5) is 10.7. The number of nitrogens with zero attached hydrogens (tertiary/aromatic N) is 3. The van der Waals surface area contributed by atoms with Crippen LogP contribution in [-0.2, 0) is 11.3 Å². The van der Waals surface area contributed by atoms with Gasteiger partial charge in [0, 0.05) is 26.3 Å². The second-order valence-corrected chi connectivity index (χ2v) is 3.98. The van der Waals surface area contributed by atoms with Gasteiger partial charge in [-0.1, -0.05) is 11.6 Å². The fourth-order valence-corrected chi connectivity index (χ4v) is 1.95. The highest BCUT2D eigenvalue weighted by molar-refractivity contribution is 6.29. The standard InChI is InChI=1S/C10H14ClN3O/c1-15-7-9-12-8(11)6-10(13-9)14-4-2-3-5-14/h6H,2-5,7H2,1H3. The maximum absolute atomic E-state index is 5.93. The number of anilines is 1. The van der Waals surface area contributed by atoms with E-state index >= 15 is 0 Å². The van der Waals surface area contributed by atoms with Crippen molar-refractivity contribution >= 4 is 17.4 Å². The van der Waals surface area contributed by atoms with Crippen LogP contribution in [0.15, 0.2) is 6.07 Å². The molecule has 4 nitrogen and oxygen atoms in total. The molecule has 0 saturated carbocycles. The van der Waals surface area contributed by atoms with E-state index in [9.17, 15) is 0 Å². The molecule has 1 fully saturated rings. The van der Waals surface area contributed by atoms with E-state index in [0.717, 1.165) is 18.9 Å². The zero-order valence-electron chi connectivity index (χ0n) is 8.74. The van der Waals surface area contributed by atoms with E-state index in [1.807, 2.05) is 6.07 Å². The van der Waals surface area contributed by atoms with E-state index < -0.39 is 0 Å². The predicted octanol–water partition coefficient (Wildman–Crippen LogP) is 1.88. The molecule has 1 aromatic rings. The molecule has 2 rings (SSSR count). The summed E-state index contributed by atoms with van der Waals surface area (Å²) in [6, 6.07) is 1.81. The molecule has 0 aliphatic carbocycles. The molecule has 1 aliphatic rings. The van der Waals surface area contributed by atoms with Gasteiger partial charge in [0.1, 0.15) is 17.6 Å². The third-order valence-electron chi connectivity index (χ3n) is 2.43. The average molecular weight is 228 g/mol. The third kappa shape index (κ3) is 2.58.